The fourth-order valence-electron chi connectivity index (χ4n) is 4.88. The molecule has 224 valence electrons. The van der Waals surface area contributed by atoms with Gasteiger partial charge in [0, 0.05) is 59.7 Å². The Kier molecular flexibility index (Phi) is 8.02. The van der Waals surface area contributed by atoms with Crippen molar-refractivity contribution >= 4 is 45.9 Å². The van der Waals surface area contributed by atoms with Gasteiger partial charge < -0.3 is 19.5 Å². The van der Waals surface area contributed by atoms with E-state index in [0.29, 0.717) is 43.8 Å². The fourth-order valence-corrected chi connectivity index (χ4v) is 5.55. The number of nitriles is 1. The summed E-state index contributed by atoms with van der Waals surface area (Å²) in [5, 5.41) is 26.2. The van der Waals surface area contributed by atoms with Crippen molar-refractivity contribution in [3.63, 3.8) is 0 Å². The molecule has 2 N–H and O–H groups in total. The highest BCUT2D eigenvalue weighted by molar-refractivity contribution is 6.35. The number of carboxylic acids is 1. The number of carbonyl (C=O) groups is 1. The number of fused-ring (bicyclic) bond motifs is 1. The Morgan fingerprint density at radius 1 is 1.16 bits per heavy atom. The second-order valence-electron chi connectivity index (χ2n) is 10.3. The van der Waals surface area contributed by atoms with Crippen LogP contribution in [0.1, 0.15) is 37.0 Å². The van der Waals surface area contributed by atoms with Gasteiger partial charge in [-0.3, -0.25) is 10.1 Å². The molecule has 3 aromatic heterocycles. The summed E-state index contributed by atoms with van der Waals surface area (Å²) in [4.78, 5) is 19.7. The van der Waals surface area contributed by atoms with Crippen molar-refractivity contribution in [2.75, 3.05) is 25.1 Å². The molecule has 43 heavy (non-hydrogen) atoms. The first-order valence-electron chi connectivity index (χ1n) is 12.8. The second kappa shape index (κ2) is 11.4. The van der Waals surface area contributed by atoms with Gasteiger partial charge in [-0.05, 0) is 31.9 Å². The van der Waals surface area contributed by atoms with Gasteiger partial charge in [0.25, 0.3) is 0 Å². The van der Waals surface area contributed by atoms with Crippen molar-refractivity contribution in [2.45, 2.75) is 32.0 Å². The molecule has 1 aromatic carbocycles. The number of alkyl halides is 3. The highest BCUT2D eigenvalue weighted by Gasteiger charge is 2.53. The molecule has 1 saturated carbocycles. The van der Waals surface area contributed by atoms with E-state index in [1.54, 1.807) is 13.3 Å². The quantitative estimate of drug-likeness (QED) is 0.241. The zero-order valence-electron chi connectivity index (χ0n) is 22.7. The van der Waals surface area contributed by atoms with Crippen molar-refractivity contribution in [3.05, 3.63) is 58.0 Å². The molecule has 0 unspecified atom stereocenters. The monoisotopic (exact) mass is 634 g/mol. The van der Waals surface area contributed by atoms with Gasteiger partial charge in [0.1, 0.15) is 23.7 Å². The zero-order valence-corrected chi connectivity index (χ0v) is 24.2. The number of aliphatic carboxylic acids is 1. The minimum atomic E-state index is -5.08. The first kappa shape index (κ1) is 30.2. The zero-order chi connectivity index (χ0) is 31.1. The number of pyridine rings is 2. The number of anilines is 1. The van der Waals surface area contributed by atoms with Crippen LogP contribution in [0.2, 0.25) is 10.0 Å². The van der Waals surface area contributed by atoms with Crippen LogP contribution in [0.3, 0.4) is 0 Å². The molecule has 1 spiro atoms. The van der Waals surface area contributed by atoms with E-state index in [9.17, 15) is 18.4 Å². The summed E-state index contributed by atoms with van der Waals surface area (Å²) in [6, 6.07) is 7.84. The molecular weight excluding hydrogens is 612 g/mol. The maximum Gasteiger partial charge on any atom is 0.490 e. The number of nitrogens with one attached hydrogen (secondary N) is 1. The summed E-state index contributed by atoms with van der Waals surface area (Å²) < 4.78 is 43.6. The second-order valence-corrected chi connectivity index (χ2v) is 11.1. The lowest BCUT2D eigenvalue weighted by Gasteiger charge is -2.41. The number of aromatic nitrogens is 4. The van der Waals surface area contributed by atoms with E-state index in [-0.39, 0.29) is 0 Å². The summed E-state index contributed by atoms with van der Waals surface area (Å²) in [6.07, 6.45) is 1.83. The predicted octanol–water partition coefficient (Wildman–Crippen LogP) is 6.58. The van der Waals surface area contributed by atoms with E-state index < -0.39 is 18.2 Å². The molecule has 15 heteroatoms. The number of carboxylic acid groups (broad SMARTS) is 1. The Balaban J connectivity index is 0.000000472. The summed E-state index contributed by atoms with van der Waals surface area (Å²) in [6.45, 7) is 3.81. The van der Waals surface area contributed by atoms with E-state index in [0.717, 1.165) is 35.4 Å². The molecule has 0 amide bonds. The van der Waals surface area contributed by atoms with Crippen LogP contribution >= 0.6 is 23.2 Å². The smallest absolute Gasteiger partial charge is 0.490 e. The van der Waals surface area contributed by atoms with Gasteiger partial charge in [0.15, 0.2) is 11.5 Å². The molecule has 2 fully saturated rings. The predicted molar refractivity (Wildman–Crippen MR) is 151 cm³/mol. The van der Waals surface area contributed by atoms with Gasteiger partial charge in [0.2, 0.25) is 0 Å². The van der Waals surface area contributed by atoms with E-state index in [1.807, 2.05) is 25.1 Å². The summed E-state index contributed by atoms with van der Waals surface area (Å²) in [5.74, 6) is -0.981. The van der Waals surface area contributed by atoms with E-state index >= 15 is 0 Å². The van der Waals surface area contributed by atoms with Crippen LogP contribution < -0.4 is 14.4 Å². The van der Waals surface area contributed by atoms with Crippen molar-refractivity contribution < 1.29 is 32.5 Å². The highest BCUT2D eigenvalue weighted by Crippen LogP contribution is 2.54. The van der Waals surface area contributed by atoms with Gasteiger partial charge in [-0.2, -0.15) is 23.5 Å². The largest absolute Gasteiger partial charge is 0.493 e. The Morgan fingerprint density at radius 2 is 1.81 bits per heavy atom. The van der Waals surface area contributed by atoms with Gasteiger partial charge in [0.05, 0.1) is 28.2 Å². The van der Waals surface area contributed by atoms with Crippen LogP contribution in [-0.2, 0) is 4.79 Å². The first-order valence-corrected chi connectivity index (χ1v) is 13.6. The lowest BCUT2D eigenvalue weighted by Crippen LogP contribution is -2.49. The number of hydrogen-bond donors (Lipinski definition) is 2. The first-order chi connectivity index (χ1) is 20.4. The number of aromatic amines is 1. The van der Waals surface area contributed by atoms with Gasteiger partial charge in [-0.25, -0.2) is 9.78 Å². The number of halogens is 5. The number of methoxy groups -OCH3 is 1. The Morgan fingerprint density at radius 3 is 2.37 bits per heavy atom. The molecular formula is C28H23Cl2F3N6O4. The van der Waals surface area contributed by atoms with Crippen molar-refractivity contribution in [2.24, 2.45) is 5.41 Å². The van der Waals surface area contributed by atoms with Crippen LogP contribution in [-0.4, -0.2) is 57.6 Å². The molecule has 6 rings (SSSR count). The number of ether oxygens (including phenoxy) is 2. The third kappa shape index (κ3) is 6.11. The molecule has 4 heterocycles. The van der Waals surface area contributed by atoms with Gasteiger partial charge >= 0.3 is 12.1 Å². The van der Waals surface area contributed by atoms with Crippen molar-refractivity contribution in [3.8, 4) is 28.8 Å². The van der Waals surface area contributed by atoms with Gasteiger partial charge in [-0.1, -0.05) is 23.2 Å². The molecule has 0 bridgehead atoms. The molecule has 0 radical (unpaired) electrons. The van der Waals surface area contributed by atoms with E-state index in [1.165, 1.54) is 25.2 Å². The van der Waals surface area contributed by atoms with Crippen LogP contribution in [0.5, 0.6) is 11.5 Å². The average Bonchev–Trinajstić information content (AvgIpc) is 3.64. The average molecular weight is 635 g/mol. The molecule has 4 aromatic rings. The minimum Gasteiger partial charge on any atom is -0.493 e. The standard InChI is InChI=1S/C26H22Cl2N6O2.C2HF3O2/c1-14(23-18(27)10-30-11-19(23)28)36-22-6-17-20(7-21(22)35-2)32-33-24(17)16-5-15(8-29)25(31-9-16)34-12-26(13-34)3-4-26;3-2(4,5)1(6)7/h5-7,9-11,14H,3-4,12-13H2,1-2H3,(H,32,33);(H,6,7)/t14-;/m1./s1. The minimum absolute atomic E-state index is 0.420. The summed E-state index contributed by atoms with van der Waals surface area (Å²) >= 11 is 12.7. The molecule has 2 aliphatic rings. The number of hydrogen-bond acceptors (Lipinski definition) is 8. The van der Waals surface area contributed by atoms with E-state index in [4.69, 9.17) is 42.6 Å². The molecule has 1 aliphatic heterocycles. The maximum absolute atomic E-state index is 10.6. The summed E-state index contributed by atoms with van der Waals surface area (Å²) in [5.41, 5.74) is 3.83. The molecule has 1 saturated heterocycles. The fraction of sp³-hybridized carbons (Fsp3) is 0.321. The topological polar surface area (TPSA) is 137 Å². The molecule has 10 nitrogen and oxygen atoms in total. The lowest BCUT2D eigenvalue weighted by atomic mass is 9.96. The number of nitrogens with zero attached hydrogens (tertiary/aromatic N) is 5. The van der Waals surface area contributed by atoms with Crippen LogP contribution in [0.25, 0.3) is 22.2 Å². The van der Waals surface area contributed by atoms with Gasteiger partial charge in [-0.15, -0.1) is 0 Å². The van der Waals surface area contributed by atoms with Crippen molar-refractivity contribution in [1.82, 2.24) is 20.2 Å². The van der Waals surface area contributed by atoms with E-state index in [2.05, 4.69) is 31.1 Å². The Hall–Kier alpha value is -4.28. The normalized spacial score (nSPS) is 15.6. The summed E-state index contributed by atoms with van der Waals surface area (Å²) in [7, 11) is 1.58. The number of H-pyrrole nitrogens is 1. The molecule has 1 aliphatic carbocycles. The van der Waals surface area contributed by atoms with Crippen LogP contribution in [0, 0.1) is 16.7 Å². The Bertz CT molecular complexity index is 1720. The third-order valence-electron chi connectivity index (χ3n) is 7.26. The maximum atomic E-state index is 10.6. The molecule has 1 atom stereocenters. The van der Waals surface area contributed by atoms with Crippen molar-refractivity contribution in [1.29, 1.82) is 5.26 Å². The lowest BCUT2D eigenvalue weighted by molar-refractivity contribution is -0.192. The SMILES string of the molecule is COc1cc2[nH]nc(-c3cnc(N4CC5(CC5)C4)c(C#N)c3)c2cc1O[C@H](C)c1c(Cl)cncc1Cl.O=C(O)C(F)(F)F. The highest BCUT2D eigenvalue weighted by atomic mass is 35.5. The van der Waals surface area contributed by atoms with Crippen LogP contribution in [0.4, 0.5) is 19.0 Å². The number of benzene rings is 1. The third-order valence-corrected chi connectivity index (χ3v) is 7.86. The van der Waals surface area contributed by atoms with Crippen LogP contribution in [0.15, 0.2) is 36.8 Å². The Labute approximate surface area is 253 Å². The number of rotatable bonds is 6.